The fourth-order valence-corrected chi connectivity index (χ4v) is 2.44. The molecule has 0 saturated carbocycles. The average Bonchev–Trinajstić information content (AvgIpc) is 3.15. The normalized spacial score (nSPS) is 11.0. The number of hydrogen-bond donors (Lipinski definition) is 2. The first-order chi connectivity index (χ1) is 10.3. The molecule has 0 aliphatic heterocycles. The Bertz CT molecular complexity index is 952. The van der Waals surface area contributed by atoms with Crippen LogP contribution in [0.15, 0.2) is 54.9 Å². The number of hydrogen-bond acceptors (Lipinski definition) is 3. The Morgan fingerprint density at radius 1 is 1.10 bits per heavy atom. The van der Waals surface area contributed by atoms with Crippen LogP contribution in [-0.4, -0.2) is 21.2 Å². The molecule has 0 bridgehead atoms. The maximum absolute atomic E-state index is 12.4. The second-order valence-corrected chi connectivity index (χ2v) is 4.72. The molecule has 2 aromatic heterocycles. The van der Waals surface area contributed by atoms with Crippen molar-refractivity contribution in [2.24, 2.45) is 0 Å². The van der Waals surface area contributed by atoms with Gasteiger partial charge in [0, 0.05) is 22.5 Å². The summed E-state index contributed by atoms with van der Waals surface area (Å²) in [6.07, 6.45) is 3.50. The number of ether oxygens (including phenoxy) is 1. The van der Waals surface area contributed by atoms with Crippen molar-refractivity contribution in [3.8, 4) is 5.75 Å². The van der Waals surface area contributed by atoms with Gasteiger partial charge >= 0.3 is 5.97 Å². The van der Waals surface area contributed by atoms with Crippen LogP contribution in [0.1, 0.15) is 10.4 Å². The van der Waals surface area contributed by atoms with E-state index in [2.05, 4.69) is 15.2 Å². The standard InChI is InChI=1S/C16H11N3O2/c20-16(12-4-1-3-10-9-18-19-15(10)12)21-14-6-2-5-13-11(14)7-8-17-13/h1-9,17H,(H,18,19). The van der Waals surface area contributed by atoms with E-state index in [1.165, 1.54) is 0 Å². The predicted molar refractivity (Wildman–Crippen MR) is 79.4 cm³/mol. The van der Waals surface area contributed by atoms with Gasteiger partial charge in [0.15, 0.2) is 0 Å². The molecule has 0 fully saturated rings. The number of rotatable bonds is 2. The molecule has 5 nitrogen and oxygen atoms in total. The van der Waals surface area contributed by atoms with E-state index < -0.39 is 5.97 Å². The number of H-pyrrole nitrogens is 2. The van der Waals surface area contributed by atoms with Crippen LogP contribution in [0.3, 0.4) is 0 Å². The monoisotopic (exact) mass is 277 g/mol. The van der Waals surface area contributed by atoms with Crippen molar-refractivity contribution in [1.82, 2.24) is 15.2 Å². The zero-order valence-corrected chi connectivity index (χ0v) is 11.0. The SMILES string of the molecule is O=C(Oc1cccc2[nH]ccc12)c1cccc2cn[nH]c12. The Balaban J connectivity index is 1.76. The molecule has 4 rings (SSSR count). The highest BCUT2D eigenvalue weighted by Crippen LogP contribution is 2.26. The highest BCUT2D eigenvalue weighted by molar-refractivity contribution is 6.04. The molecule has 102 valence electrons. The summed E-state index contributed by atoms with van der Waals surface area (Å²) in [5, 5.41) is 8.54. The van der Waals surface area contributed by atoms with E-state index in [1.54, 1.807) is 18.3 Å². The van der Waals surface area contributed by atoms with Crippen molar-refractivity contribution in [3.63, 3.8) is 0 Å². The average molecular weight is 277 g/mol. The highest BCUT2D eigenvalue weighted by atomic mass is 16.5. The smallest absolute Gasteiger partial charge is 0.345 e. The number of para-hydroxylation sites is 1. The summed E-state index contributed by atoms with van der Waals surface area (Å²) in [6, 6.07) is 12.9. The van der Waals surface area contributed by atoms with E-state index in [1.807, 2.05) is 36.5 Å². The van der Waals surface area contributed by atoms with Crippen molar-refractivity contribution >= 4 is 27.8 Å². The molecule has 2 aromatic carbocycles. The van der Waals surface area contributed by atoms with Gasteiger partial charge in [-0.1, -0.05) is 18.2 Å². The van der Waals surface area contributed by atoms with Crippen molar-refractivity contribution in [3.05, 3.63) is 60.4 Å². The van der Waals surface area contributed by atoms with Crippen LogP contribution >= 0.6 is 0 Å². The molecule has 2 N–H and O–H groups in total. The van der Waals surface area contributed by atoms with Crippen LogP contribution in [0.25, 0.3) is 21.8 Å². The van der Waals surface area contributed by atoms with Crippen molar-refractivity contribution < 1.29 is 9.53 Å². The van der Waals surface area contributed by atoms with Crippen molar-refractivity contribution in [1.29, 1.82) is 0 Å². The number of nitrogens with zero attached hydrogens (tertiary/aromatic N) is 1. The van der Waals surface area contributed by atoms with Crippen LogP contribution in [0.4, 0.5) is 0 Å². The van der Waals surface area contributed by atoms with E-state index in [0.717, 1.165) is 16.3 Å². The number of esters is 1. The maximum Gasteiger partial charge on any atom is 0.345 e. The Hall–Kier alpha value is -3.08. The lowest BCUT2D eigenvalue weighted by atomic mass is 10.1. The summed E-state index contributed by atoms with van der Waals surface area (Å²) < 4.78 is 5.54. The molecule has 0 amide bonds. The minimum Gasteiger partial charge on any atom is -0.422 e. The lowest BCUT2D eigenvalue weighted by Crippen LogP contribution is -2.09. The molecule has 21 heavy (non-hydrogen) atoms. The lowest BCUT2D eigenvalue weighted by Gasteiger charge is -2.06. The summed E-state index contributed by atoms with van der Waals surface area (Å²) in [5.41, 5.74) is 2.08. The lowest BCUT2D eigenvalue weighted by molar-refractivity contribution is 0.0739. The van der Waals surface area contributed by atoms with Crippen molar-refractivity contribution in [2.75, 3.05) is 0 Å². The van der Waals surface area contributed by atoms with E-state index in [9.17, 15) is 4.79 Å². The minimum absolute atomic E-state index is 0.404. The molecule has 0 saturated heterocycles. The molecule has 0 unspecified atom stereocenters. The van der Waals surface area contributed by atoms with Gasteiger partial charge in [0.25, 0.3) is 0 Å². The number of benzene rings is 2. The zero-order valence-electron chi connectivity index (χ0n) is 11.0. The van der Waals surface area contributed by atoms with Crippen LogP contribution < -0.4 is 4.74 Å². The number of fused-ring (bicyclic) bond motifs is 2. The molecule has 4 aromatic rings. The van der Waals surface area contributed by atoms with Gasteiger partial charge in [0.2, 0.25) is 0 Å². The third kappa shape index (κ3) is 1.87. The van der Waals surface area contributed by atoms with Crippen LogP contribution in [0.5, 0.6) is 5.75 Å². The molecule has 0 spiro atoms. The number of aromatic amines is 2. The third-order valence-electron chi connectivity index (χ3n) is 3.45. The van der Waals surface area contributed by atoms with Gasteiger partial charge < -0.3 is 9.72 Å². The molecule has 0 radical (unpaired) electrons. The first-order valence-corrected chi connectivity index (χ1v) is 6.53. The first-order valence-electron chi connectivity index (χ1n) is 6.53. The Morgan fingerprint density at radius 3 is 2.95 bits per heavy atom. The molecule has 0 atom stereocenters. The molecule has 5 heteroatoms. The summed E-state index contributed by atoms with van der Waals surface area (Å²) in [5.74, 6) is 0.133. The first kappa shape index (κ1) is 11.7. The summed E-state index contributed by atoms with van der Waals surface area (Å²) in [6.45, 7) is 0. The van der Waals surface area contributed by atoms with Crippen LogP contribution in [-0.2, 0) is 0 Å². The second kappa shape index (κ2) is 4.49. The van der Waals surface area contributed by atoms with Gasteiger partial charge in [-0.15, -0.1) is 0 Å². The zero-order chi connectivity index (χ0) is 14.2. The number of nitrogens with one attached hydrogen (secondary N) is 2. The second-order valence-electron chi connectivity index (χ2n) is 4.72. The van der Waals surface area contributed by atoms with Gasteiger partial charge in [0.05, 0.1) is 17.3 Å². The highest BCUT2D eigenvalue weighted by Gasteiger charge is 2.15. The fraction of sp³-hybridized carbons (Fsp3) is 0. The largest absolute Gasteiger partial charge is 0.422 e. The molecule has 0 aliphatic carbocycles. The minimum atomic E-state index is -0.404. The summed E-state index contributed by atoms with van der Waals surface area (Å²) >= 11 is 0. The summed E-state index contributed by atoms with van der Waals surface area (Å²) in [7, 11) is 0. The quantitative estimate of drug-likeness (QED) is 0.436. The Labute approximate surface area is 119 Å². The molecular formula is C16H11N3O2. The van der Waals surface area contributed by atoms with Crippen molar-refractivity contribution in [2.45, 2.75) is 0 Å². The predicted octanol–water partition coefficient (Wildman–Crippen LogP) is 3.26. The van der Waals surface area contributed by atoms with Crippen LogP contribution in [0.2, 0.25) is 0 Å². The van der Waals surface area contributed by atoms with Gasteiger partial charge in [0.1, 0.15) is 5.75 Å². The van der Waals surface area contributed by atoms with Gasteiger partial charge in [-0.2, -0.15) is 5.10 Å². The maximum atomic E-state index is 12.4. The number of carbonyl (C=O) groups is 1. The fourth-order valence-electron chi connectivity index (χ4n) is 2.44. The van der Waals surface area contributed by atoms with E-state index in [-0.39, 0.29) is 0 Å². The summed E-state index contributed by atoms with van der Waals surface area (Å²) in [4.78, 5) is 15.5. The van der Waals surface area contributed by atoms with Crippen LogP contribution in [0, 0.1) is 0 Å². The number of aromatic nitrogens is 3. The van der Waals surface area contributed by atoms with E-state index >= 15 is 0 Å². The molecular weight excluding hydrogens is 266 g/mol. The van der Waals surface area contributed by atoms with E-state index in [4.69, 9.17) is 4.74 Å². The topological polar surface area (TPSA) is 70.8 Å². The Kier molecular flexibility index (Phi) is 2.50. The van der Waals surface area contributed by atoms with Gasteiger partial charge in [-0.3, -0.25) is 5.10 Å². The third-order valence-corrected chi connectivity index (χ3v) is 3.45. The molecule has 2 heterocycles. The van der Waals surface area contributed by atoms with Gasteiger partial charge in [-0.25, -0.2) is 4.79 Å². The van der Waals surface area contributed by atoms with E-state index in [0.29, 0.717) is 16.8 Å². The number of carbonyl (C=O) groups excluding carboxylic acids is 1. The Morgan fingerprint density at radius 2 is 2.00 bits per heavy atom. The van der Waals surface area contributed by atoms with Gasteiger partial charge in [-0.05, 0) is 24.3 Å². The molecule has 0 aliphatic rings.